The van der Waals surface area contributed by atoms with Gasteiger partial charge >= 0.3 is 5.69 Å². The third kappa shape index (κ3) is 2.10. The van der Waals surface area contributed by atoms with E-state index in [9.17, 15) is 23.3 Å². The van der Waals surface area contributed by atoms with Gasteiger partial charge in [0.05, 0.1) is 16.0 Å². The van der Waals surface area contributed by atoms with Crippen molar-refractivity contribution < 1.29 is 22.8 Å². The van der Waals surface area contributed by atoms with Crippen molar-refractivity contribution in [2.75, 3.05) is 6.61 Å². The predicted octanol–water partition coefficient (Wildman–Crippen LogP) is 2.88. The molecule has 0 saturated carbocycles. The SMILES string of the molecule is Cc1c(F)c(F)c([N+](=O)[O-])c(F)c1C1=NC(C)(C)CO1. The standard InChI is InChI=1S/C12H11F3N2O3/c1-5-6(11-16-12(2,3)4-20-11)8(14)10(17(18)19)9(15)7(5)13/h4H2,1-3H3. The molecular weight excluding hydrogens is 277 g/mol. The van der Waals surface area contributed by atoms with Crippen LogP contribution in [0.25, 0.3) is 0 Å². The Kier molecular flexibility index (Phi) is 3.19. The molecule has 1 heterocycles. The van der Waals surface area contributed by atoms with E-state index in [0.717, 1.165) is 6.92 Å². The first-order valence-electron chi connectivity index (χ1n) is 5.70. The lowest BCUT2D eigenvalue weighted by Crippen LogP contribution is -2.17. The molecule has 5 nitrogen and oxygen atoms in total. The molecule has 20 heavy (non-hydrogen) atoms. The number of aliphatic imine (C=N–C) groups is 1. The molecule has 0 fully saturated rings. The highest BCUT2D eigenvalue weighted by Gasteiger charge is 2.36. The maximum Gasteiger partial charge on any atom is 0.344 e. The highest BCUT2D eigenvalue weighted by atomic mass is 19.2. The number of ether oxygens (including phenoxy) is 1. The number of nitrogens with zero attached hydrogens (tertiary/aromatic N) is 2. The maximum atomic E-state index is 14.1. The molecule has 1 aromatic rings. The first-order valence-corrected chi connectivity index (χ1v) is 5.70. The van der Waals surface area contributed by atoms with E-state index in [1.165, 1.54) is 0 Å². The summed E-state index contributed by atoms with van der Waals surface area (Å²) in [6, 6.07) is 0. The van der Waals surface area contributed by atoms with Gasteiger partial charge in [-0.2, -0.15) is 8.78 Å². The lowest BCUT2D eigenvalue weighted by atomic mass is 10.0. The van der Waals surface area contributed by atoms with E-state index in [4.69, 9.17) is 4.74 Å². The average molecular weight is 288 g/mol. The average Bonchev–Trinajstić information content (AvgIpc) is 2.66. The molecule has 2 rings (SSSR count). The van der Waals surface area contributed by atoms with Crippen molar-refractivity contribution in [3.8, 4) is 0 Å². The monoisotopic (exact) mass is 288 g/mol. The minimum atomic E-state index is -1.83. The molecule has 0 saturated heterocycles. The fraction of sp³-hybridized carbons (Fsp3) is 0.417. The second kappa shape index (κ2) is 4.46. The van der Waals surface area contributed by atoms with Crippen molar-refractivity contribution in [1.29, 1.82) is 0 Å². The molecule has 0 atom stereocenters. The lowest BCUT2D eigenvalue weighted by molar-refractivity contribution is -0.390. The first kappa shape index (κ1) is 14.3. The molecule has 1 aliphatic rings. The second-order valence-corrected chi connectivity index (χ2v) is 5.07. The van der Waals surface area contributed by atoms with Gasteiger partial charge in [0.15, 0.2) is 5.82 Å². The van der Waals surface area contributed by atoms with Crippen LogP contribution in [0.3, 0.4) is 0 Å². The van der Waals surface area contributed by atoms with Crippen LogP contribution in [-0.4, -0.2) is 23.0 Å². The normalized spacial score (nSPS) is 16.8. The molecule has 0 aromatic heterocycles. The number of hydrogen-bond donors (Lipinski definition) is 0. The van der Waals surface area contributed by atoms with Crippen LogP contribution in [0.5, 0.6) is 0 Å². The Morgan fingerprint density at radius 3 is 2.30 bits per heavy atom. The van der Waals surface area contributed by atoms with E-state index in [0.29, 0.717) is 0 Å². The Balaban J connectivity index is 2.75. The van der Waals surface area contributed by atoms with Crippen molar-refractivity contribution in [2.24, 2.45) is 4.99 Å². The van der Waals surface area contributed by atoms with Crippen molar-refractivity contribution in [3.63, 3.8) is 0 Å². The van der Waals surface area contributed by atoms with Gasteiger partial charge in [-0.3, -0.25) is 10.1 Å². The van der Waals surface area contributed by atoms with Gasteiger partial charge in [-0.25, -0.2) is 9.38 Å². The van der Waals surface area contributed by atoms with Gasteiger partial charge in [0.25, 0.3) is 0 Å². The van der Waals surface area contributed by atoms with Crippen LogP contribution in [0.2, 0.25) is 0 Å². The molecule has 0 unspecified atom stereocenters. The molecule has 108 valence electrons. The fourth-order valence-electron chi connectivity index (χ4n) is 1.88. The minimum absolute atomic E-state index is 0.119. The largest absolute Gasteiger partial charge is 0.475 e. The summed E-state index contributed by atoms with van der Waals surface area (Å²) >= 11 is 0. The maximum absolute atomic E-state index is 14.1. The third-order valence-electron chi connectivity index (χ3n) is 2.90. The van der Waals surface area contributed by atoms with Crippen LogP contribution < -0.4 is 0 Å². The van der Waals surface area contributed by atoms with Gasteiger partial charge in [0, 0.05) is 5.56 Å². The predicted molar refractivity (Wildman–Crippen MR) is 64.3 cm³/mol. The fourth-order valence-corrected chi connectivity index (χ4v) is 1.88. The van der Waals surface area contributed by atoms with Crippen LogP contribution in [0.4, 0.5) is 18.9 Å². The molecule has 0 radical (unpaired) electrons. The first-order chi connectivity index (χ1) is 9.15. The minimum Gasteiger partial charge on any atom is -0.475 e. The molecule has 0 N–H and O–H groups in total. The van der Waals surface area contributed by atoms with E-state index in [-0.39, 0.29) is 12.5 Å². The Hall–Kier alpha value is -2.12. The van der Waals surface area contributed by atoms with Gasteiger partial charge in [0.2, 0.25) is 17.5 Å². The molecular formula is C12H11F3N2O3. The highest BCUT2D eigenvalue weighted by molar-refractivity contribution is 5.97. The van der Waals surface area contributed by atoms with Gasteiger partial charge in [-0.1, -0.05) is 0 Å². The van der Waals surface area contributed by atoms with Crippen LogP contribution in [0.15, 0.2) is 4.99 Å². The summed E-state index contributed by atoms with van der Waals surface area (Å²) in [6.07, 6.45) is 0. The topological polar surface area (TPSA) is 64.7 Å². The Morgan fingerprint density at radius 2 is 1.85 bits per heavy atom. The summed E-state index contributed by atoms with van der Waals surface area (Å²) in [6.45, 7) is 4.62. The van der Waals surface area contributed by atoms with Gasteiger partial charge in [0.1, 0.15) is 6.61 Å². The zero-order valence-corrected chi connectivity index (χ0v) is 11.0. The van der Waals surface area contributed by atoms with E-state index in [1.54, 1.807) is 13.8 Å². The molecule has 0 amide bonds. The molecule has 0 bridgehead atoms. The number of rotatable bonds is 2. The van der Waals surface area contributed by atoms with Crippen LogP contribution in [0.1, 0.15) is 25.0 Å². The summed E-state index contributed by atoms with van der Waals surface area (Å²) in [5.74, 6) is -5.05. The van der Waals surface area contributed by atoms with E-state index in [1.807, 2.05) is 0 Å². The Labute approximate surface area is 112 Å². The van der Waals surface area contributed by atoms with E-state index < -0.39 is 44.7 Å². The van der Waals surface area contributed by atoms with Crippen molar-refractivity contribution in [2.45, 2.75) is 26.3 Å². The number of nitro benzene ring substituents is 1. The van der Waals surface area contributed by atoms with Gasteiger partial charge < -0.3 is 4.74 Å². The number of benzene rings is 1. The number of halogens is 3. The third-order valence-corrected chi connectivity index (χ3v) is 2.90. The van der Waals surface area contributed by atoms with Gasteiger partial charge in [-0.05, 0) is 20.8 Å². The number of nitro groups is 1. The van der Waals surface area contributed by atoms with E-state index >= 15 is 0 Å². The van der Waals surface area contributed by atoms with Crippen molar-refractivity contribution >= 4 is 11.6 Å². The summed E-state index contributed by atoms with van der Waals surface area (Å²) in [7, 11) is 0. The lowest BCUT2D eigenvalue weighted by Gasteiger charge is -2.09. The summed E-state index contributed by atoms with van der Waals surface area (Å²) in [5, 5.41) is 10.7. The summed E-state index contributed by atoms with van der Waals surface area (Å²) in [5.41, 5.74) is -3.13. The number of hydrogen-bond acceptors (Lipinski definition) is 4. The molecule has 0 aliphatic carbocycles. The van der Waals surface area contributed by atoms with Gasteiger partial charge in [-0.15, -0.1) is 0 Å². The van der Waals surface area contributed by atoms with Crippen LogP contribution in [0, 0.1) is 34.5 Å². The molecule has 1 aromatic carbocycles. The zero-order chi connectivity index (χ0) is 15.2. The highest BCUT2D eigenvalue weighted by Crippen LogP contribution is 2.33. The zero-order valence-electron chi connectivity index (χ0n) is 11.0. The van der Waals surface area contributed by atoms with Crippen LogP contribution in [-0.2, 0) is 4.74 Å². The van der Waals surface area contributed by atoms with Crippen LogP contribution >= 0.6 is 0 Å². The van der Waals surface area contributed by atoms with Crippen molar-refractivity contribution in [1.82, 2.24) is 0 Å². The summed E-state index contributed by atoms with van der Waals surface area (Å²) < 4.78 is 46.4. The Morgan fingerprint density at radius 1 is 1.25 bits per heavy atom. The smallest absolute Gasteiger partial charge is 0.344 e. The summed E-state index contributed by atoms with van der Waals surface area (Å²) in [4.78, 5) is 13.4. The Bertz CT molecular complexity index is 642. The molecule has 1 aliphatic heterocycles. The second-order valence-electron chi connectivity index (χ2n) is 5.07. The van der Waals surface area contributed by atoms with Crippen molar-refractivity contribution in [3.05, 3.63) is 38.7 Å². The van der Waals surface area contributed by atoms with E-state index in [2.05, 4.69) is 4.99 Å². The molecule has 8 heteroatoms. The molecule has 0 spiro atoms. The quantitative estimate of drug-likeness (QED) is 0.477.